The lowest BCUT2D eigenvalue weighted by Crippen LogP contribution is -2.21. The van der Waals surface area contributed by atoms with Crippen LogP contribution in [0.3, 0.4) is 0 Å². The Morgan fingerprint density at radius 3 is 1.84 bits per heavy atom. The van der Waals surface area contributed by atoms with Gasteiger partial charge in [0.2, 0.25) is 0 Å². The fourth-order valence-corrected chi connectivity index (χ4v) is 4.82. The van der Waals surface area contributed by atoms with Crippen LogP contribution >= 0.6 is 0 Å². The summed E-state index contributed by atoms with van der Waals surface area (Å²) in [6, 6.07) is 4.91. The highest BCUT2D eigenvalue weighted by Gasteiger charge is 2.25. The normalized spacial score (nSPS) is 11.4. The minimum absolute atomic E-state index is 0.152. The van der Waals surface area contributed by atoms with Crippen LogP contribution in [0.5, 0.6) is 0 Å². The number of sulfonamides is 1. The number of amides is 1. The van der Waals surface area contributed by atoms with Gasteiger partial charge in [0.25, 0.3) is 15.9 Å². The van der Waals surface area contributed by atoms with E-state index in [1.54, 1.807) is 32.9 Å². The highest BCUT2D eigenvalue weighted by atomic mass is 32.2. The van der Waals surface area contributed by atoms with Gasteiger partial charge in [0.1, 0.15) is 0 Å². The van der Waals surface area contributed by atoms with E-state index in [9.17, 15) is 13.2 Å². The highest BCUT2D eigenvalue weighted by molar-refractivity contribution is 7.92. The number of nitrogens with one attached hydrogen (secondary N) is 1. The maximum Gasteiger partial charge on any atom is 0.262 e. The lowest BCUT2D eigenvalue weighted by Gasteiger charge is -2.20. The van der Waals surface area contributed by atoms with Crippen LogP contribution in [0, 0.1) is 41.5 Å². The molecule has 134 valence electrons. The SMILES string of the molecule is Cc1cccc(C(N)=O)c1NS(=O)(=O)c1c(C)c(C)c(C)c(C)c1C. The Hall–Kier alpha value is -2.34. The molecule has 5 nitrogen and oxygen atoms in total. The van der Waals surface area contributed by atoms with Crippen LogP contribution in [0.15, 0.2) is 23.1 Å². The van der Waals surface area contributed by atoms with E-state index in [-0.39, 0.29) is 16.1 Å². The van der Waals surface area contributed by atoms with Gasteiger partial charge in [-0.05, 0) is 81.0 Å². The first kappa shape index (κ1) is 19.0. The van der Waals surface area contributed by atoms with Crippen LogP contribution in [0.25, 0.3) is 0 Å². The number of nitrogens with two attached hydrogens (primary N) is 1. The van der Waals surface area contributed by atoms with Gasteiger partial charge in [0.05, 0.1) is 16.1 Å². The average molecular weight is 360 g/mol. The van der Waals surface area contributed by atoms with E-state index in [0.29, 0.717) is 16.7 Å². The zero-order chi connectivity index (χ0) is 19.1. The molecule has 0 aliphatic heterocycles. The first-order valence-corrected chi connectivity index (χ1v) is 9.46. The van der Waals surface area contributed by atoms with Crippen LogP contribution in [0.4, 0.5) is 5.69 Å². The van der Waals surface area contributed by atoms with Crippen LogP contribution in [0.1, 0.15) is 43.7 Å². The first-order valence-electron chi connectivity index (χ1n) is 7.98. The molecule has 2 rings (SSSR count). The summed E-state index contributed by atoms with van der Waals surface area (Å²) in [5, 5.41) is 0. The van der Waals surface area contributed by atoms with Crippen molar-refractivity contribution in [2.24, 2.45) is 5.73 Å². The number of hydrogen-bond donors (Lipinski definition) is 2. The molecule has 0 radical (unpaired) electrons. The topological polar surface area (TPSA) is 89.3 Å². The Morgan fingerprint density at radius 2 is 1.36 bits per heavy atom. The maximum atomic E-state index is 13.1. The summed E-state index contributed by atoms with van der Waals surface area (Å²) < 4.78 is 28.8. The van der Waals surface area contributed by atoms with Gasteiger partial charge in [-0.15, -0.1) is 0 Å². The van der Waals surface area contributed by atoms with Crippen molar-refractivity contribution in [3.8, 4) is 0 Å². The molecule has 2 aromatic rings. The van der Waals surface area contributed by atoms with Gasteiger partial charge in [0.15, 0.2) is 0 Å². The standard InChI is InChI=1S/C19H24N2O3S/c1-10-8-7-9-16(19(20)22)17(10)21-25(23,24)18-14(5)12(3)11(2)13(4)15(18)6/h7-9,21H,1-6H3,(H2,20,22). The molecule has 0 saturated carbocycles. The summed E-state index contributed by atoms with van der Waals surface area (Å²) >= 11 is 0. The zero-order valence-corrected chi connectivity index (χ0v) is 16.3. The molecule has 1 amide bonds. The van der Waals surface area contributed by atoms with Crippen molar-refractivity contribution in [3.05, 3.63) is 57.1 Å². The second kappa shape index (κ2) is 6.52. The summed E-state index contributed by atoms with van der Waals surface area (Å²) in [5.41, 5.74) is 10.8. The predicted octanol–water partition coefficient (Wildman–Crippen LogP) is 3.44. The van der Waals surface area contributed by atoms with Gasteiger partial charge in [-0.25, -0.2) is 8.42 Å². The van der Waals surface area contributed by atoms with Crippen molar-refractivity contribution in [3.63, 3.8) is 0 Å². The van der Waals surface area contributed by atoms with Crippen molar-refractivity contribution in [1.82, 2.24) is 0 Å². The molecule has 0 heterocycles. The van der Waals surface area contributed by atoms with Crippen molar-refractivity contribution in [1.29, 1.82) is 0 Å². The number of primary amides is 1. The van der Waals surface area contributed by atoms with Crippen molar-refractivity contribution in [2.75, 3.05) is 4.72 Å². The molecule has 0 aliphatic rings. The third-order valence-corrected chi connectivity index (χ3v) is 6.60. The fourth-order valence-electron chi connectivity index (χ4n) is 3.06. The molecule has 6 heteroatoms. The van der Waals surface area contributed by atoms with E-state index in [4.69, 9.17) is 5.73 Å². The van der Waals surface area contributed by atoms with Crippen LogP contribution < -0.4 is 10.5 Å². The smallest absolute Gasteiger partial charge is 0.262 e. The average Bonchev–Trinajstić information content (AvgIpc) is 2.52. The quantitative estimate of drug-likeness (QED) is 0.875. The second-order valence-corrected chi connectivity index (χ2v) is 8.04. The molecular formula is C19H24N2O3S. The van der Waals surface area contributed by atoms with Gasteiger partial charge in [0, 0.05) is 0 Å². The first-order chi connectivity index (χ1) is 11.5. The van der Waals surface area contributed by atoms with E-state index >= 15 is 0 Å². The fraction of sp³-hybridized carbons (Fsp3) is 0.316. The van der Waals surface area contributed by atoms with E-state index in [2.05, 4.69) is 4.72 Å². The lowest BCUT2D eigenvalue weighted by molar-refractivity contribution is 0.100. The summed E-state index contributed by atoms with van der Waals surface area (Å²) in [6.45, 7) is 11.2. The van der Waals surface area contributed by atoms with Crippen molar-refractivity contribution in [2.45, 2.75) is 46.4 Å². The van der Waals surface area contributed by atoms with E-state index < -0.39 is 15.9 Å². The Kier molecular flexibility index (Phi) is 4.95. The third kappa shape index (κ3) is 3.26. The molecule has 0 bridgehead atoms. The Labute approximate surface area is 149 Å². The number of hydrogen-bond acceptors (Lipinski definition) is 3. The number of benzene rings is 2. The summed E-state index contributed by atoms with van der Waals surface area (Å²) in [5.74, 6) is -0.675. The second-order valence-electron chi connectivity index (χ2n) is 6.42. The Balaban J connectivity index is 2.70. The number of aryl methyl sites for hydroxylation is 1. The highest BCUT2D eigenvalue weighted by Crippen LogP contribution is 2.32. The number of carbonyl (C=O) groups is 1. The lowest BCUT2D eigenvalue weighted by atomic mass is 9.95. The van der Waals surface area contributed by atoms with Gasteiger partial charge < -0.3 is 5.73 Å². The van der Waals surface area contributed by atoms with Gasteiger partial charge >= 0.3 is 0 Å². The monoisotopic (exact) mass is 360 g/mol. The summed E-state index contributed by atoms with van der Waals surface area (Å²) in [7, 11) is -3.87. The third-order valence-electron chi connectivity index (χ3n) is 4.97. The molecule has 0 atom stereocenters. The molecule has 2 aromatic carbocycles. The minimum Gasteiger partial charge on any atom is -0.366 e. The Bertz CT molecular complexity index is 948. The van der Waals surface area contributed by atoms with Crippen molar-refractivity contribution >= 4 is 21.6 Å². The molecule has 0 spiro atoms. The van der Waals surface area contributed by atoms with Crippen LogP contribution in [-0.4, -0.2) is 14.3 Å². The summed E-state index contributed by atoms with van der Waals surface area (Å²) in [4.78, 5) is 11.9. The van der Waals surface area contributed by atoms with E-state index in [1.807, 2.05) is 20.8 Å². The minimum atomic E-state index is -3.87. The van der Waals surface area contributed by atoms with Gasteiger partial charge in [-0.2, -0.15) is 0 Å². The molecule has 0 aliphatic carbocycles. The molecule has 0 saturated heterocycles. The van der Waals surface area contributed by atoms with E-state index in [1.165, 1.54) is 6.07 Å². The zero-order valence-electron chi connectivity index (χ0n) is 15.4. The Morgan fingerprint density at radius 1 is 0.880 bits per heavy atom. The van der Waals surface area contributed by atoms with E-state index in [0.717, 1.165) is 16.7 Å². The maximum absolute atomic E-state index is 13.1. The van der Waals surface area contributed by atoms with Crippen LogP contribution in [0.2, 0.25) is 0 Å². The largest absolute Gasteiger partial charge is 0.366 e. The van der Waals surface area contributed by atoms with Crippen LogP contribution in [-0.2, 0) is 10.0 Å². The van der Waals surface area contributed by atoms with Gasteiger partial charge in [-0.1, -0.05) is 12.1 Å². The molecule has 0 unspecified atom stereocenters. The number of carbonyl (C=O) groups excluding carboxylic acids is 1. The summed E-state index contributed by atoms with van der Waals surface area (Å²) in [6.07, 6.45) is 0. The molecule has 25 heavy (non-hydrogen) atoms. The number of anilines is 1. The van der Waals surface area contributed by atoms with Gasteiger partial charge in [-0.3, -0.25) is 9.52 Å². The molecule has 3 N–H and O–H groups in total. The molecule has 0 aromatic heterocycles. The number of para-hydroxylation sites is 1. The predicted molar refractivity (Wildman–Crippen MR) is 101 cm³/mol. The molecule has 0 fully saturated rings. The molecular weight excluding hydrogens is 336 g/mol. The van der Waals surface area contributed by atoms with Crippen molar-refractivity contribution < 1.29 is 13.2 Å². The number of rotatable bonds is 4.